The van der Waals surface area contributed by atoms with Crippen LogP contribution in [0.3, 0.4) is 0 Å². The molecule has 0 radical (unpaired) electrons. The van der Waals surface area contributed by atoms with Crippen LogP contribution in [-0.2, 0) is 35.7 Å². The maximum Gasteiger partial charge on any atom is 0.330 e. The normalized spacial score (nSPS) is 7.89. The largest absolute Gasteiger partial charge is 0.460 e. The molecule has 9 heavy (non-hydrogen) atoms. The van der Waals surface area contributed by atoms with Gasteiger partial charge in [0.1, 0.15) is 0 Å². The molecule has 0 fully saturated rings. The van der Waals surface area contributed by atoms with Gasteiger partial charge < -0.3 is 4.74 Å². The van der Waals surface area contributed by atoms with Crippen molar-refractivity contribution in [3.63, 3.8) is 0 Å². The van der Waals surface area contributed by atoms with Gasteiger partial charge in [-0.1, -0.05) is 6.58 Å². The zero-order valence-electron chi connectivity index (χ0n) is 5.68. The van der Waals surface area contributed by atoms with Gasteiger partial charge in [-0.25, -0.2) is 4.79 Å². The standard InChI is InChI=1S/C6H10O2.Zr/c1-4-6(7)8-5(2)3;/h4-5H,1H2,2-3H3;. The zero-order chi connectivity index (χ0) is 6.57. The van der Waals surface area contributed by atoms with Crippen molar-refractivity contribution in [1.29, 1.82) is 0 Å². The molecule has 0 aromatic heterocycles. The van der Waals surface area contributed by atoms with Crippen molar-refractivity contribution in [3.05, 3.63) is 12.7 Å². The topological polar surface area (TPSA) is 26.3 Å². The number of carbonyl (C=O) groups excluding carboxylic acids is 1. The van der Waals surface area contributed by atoms with Gasteiger partial charge in [0.25, 0.3) is 0 Å². The van der Waals surface area contributed by atoms with Crippen molar-refractivity contribution in [3.8, 4) is 0 Å². The summed E-state index contributed by atoms with van der Waals surface area (Å²) in [5, 5.41) is 0. The van der Waals surface area contributed by atoms with Crippen LogP contribution in [0.5, 0.6) is 0 Å². The second kappa shape index (κ2) is 6.22. The fraction of sp³-hybridized carbons (Fsp3) is 0.500. The molecule has 50 valence electrons. The van der Waals surface area contributed by atoms with Crippen molar-refractivity contribution < 1.29 is 35.7 Å². The van der Waals surface area contributed by atoms with E-state index in [1.165, 1.54) is 0 Å². The first-order valence-electron chi connectivity index (χ1n) is 2.50. The Morgan fingerprint density at radius 1 is 1.67 bits per heavy atom. The number of rotatable bonds is 2. The molecule has 0 saturated heterocycles. The minimum Gasteiger partial charge on any atom is -0.460 e. The third kappa shape index (κ3) is 8.09. The Labute approximate surface area is 74.4 Å². The van der Waals surface area contributed by atoms with E-state index in [4.69, 9.17) is 0 Å². The van der Waals surface area contributed by atoms with Crippen LogP contribution < -0.4 is 0 Å². The Kier molecular flexibility index (Phi) is 8.18. The molecule has 0 atom stereocenters. The first kappa shape index (κ1) is 11.8. The van der Waals surface area contributed by atoms with Crippen molar-refractivity contribution in [1.82, 2.24) is 0 Å². The van der Waals surface area contributed by atoms with E-state index in [0.717, 1.165) is 6.08 Å². The minimum atomic E-state index is -0.361. The smallest absolute Gasteiger partial charge is 0.330 e. The number of hydrogen-bond donors (Lipinski definition) is 0. The molecular formula is C6H10O2Zr. The van der Waals surface area contributed by atoms with Gasteiger partial charge in [0.2, 0.25) is 0 Å². The number of ether oxygens (including phenoxy) is 1. The van der Waals surface area contributed by atoms with Crippen LogP contribution in [0, 0.1) is 0 Å². The number of carbonyl (C=O) groups is 1. The fourth-order valence-corrected chi connectivity index (χ4v) is 0.280. The van der Waals surface area contributed by atoms with E-state index in [9.17, 15) is 4.79 Å². The molecule has 3 heteroatoms. The Bertz CT molecular complexity index is 99.2. The van der Waals surface area contributed by atoms with Crippen LogP contribution in [0.1, 0.15) is 13.8 Å². The first-order chi connectivity index (χ1) is 3.66. The SMILES string of the molecule is C=CC(=O)OC(C)C.[Zr]. The van der Waals surface area contributed by atoms with E-state index < -0.39 is 0 Å². The van der Waals surface area contributed by atoms with Gasteiger partial charge in [-0.15, -0.1) is 0 Å². The molecule has 0 aliphatic carbocycles. The molecule has 0 unspecified atom stereocenters. The molecule has 0 heterocycles. The van der Waals surface area contributed by atoms with Gasteiger partial charge in [0.15, 0.2) is 0 Å². The summed E-state index contributed by atoms with van der Waals surface area (Å²) < 4.78 is 4.64. The average molecular weight is 205 g/mol. The summed E-state index contributed by atoms with van der Waals surface area (Å²) in [5.74, 6) is -0.361. The number of hydrogen-bond acceptors (Lipinski definition) is 2. The predicted octanol–water partition coefficient (Wildman–Crippen LogP) is 1.12. The van der Waals surface area contributed by atoms with Crippen LogP contribution in [-0.4, -0.2) is 12.1 Å². The molecule has 0 amide bonds. The summed E-state index contributed by atoms with van der Waals surface area (Å²) in [5.41, 5.74) is 0. The Morgan fingerprint density at radius 3 is 2.22 bits per heavy atom. The average Bonchev–Trinajstić information content (AvgIpc) is 1.65. The monoisotopic (exact) mass is 204 g/mol. The minimum absolute atomic E-state index is 0. The van der Waals surface area contributed by atoms with Gasteiger partial charge in [-0.2, -0.15) is 0 Å². The molecule has 0 aliphatic rings. The maximum absolute atomic E-state index is 10.3. The van der Waals surface area contributed by atoms with E-state index in [-0.39, 0.29) is 38.3 Å². The first-order valence-corrected chi connectivity index (χ1v) is 2.50. The van der Waals surface area contributed by atoms with E-state index in [2.05, 4.69) is 11.3 Å². The van der Waals surface area contributed by atoms with E-state index in [1.54, 1.807) is 13.8 Å². The molecular weight excluding hydrogens is 195 g/mol. The summed E-state index contributed by atoms with van der Waals surface area (Å²) in [6, 6.07) is 0. The Balaban J connectivity index is 0. The molecule has 0 aromatic rings. The molecule has 0 N–H and O–H groups in total. The fourth-order valence-electron chi connectivity index (χ4n) is 0.280. The molecule has 0 bridgehead atoms. The molecule has 0 spiro atoms. The third-order valence-electron chi connectivity index (χ3n) is 0.519. The van der Waals surface area contributed by atoms with Crippen molar-refractivity contribution in [2.24, 2.45) is 0 Å². The van der Waals surface area contributed by atoms with E-state index >= 15 is 0 Å². The summed E-state index contributed by atoms with van der Waals surface area (Å²) >= 11 is 0. The van der Waals surface area contributed by atoms with Crippen LogP contribution in [0.2, 0.25) is 0 Å². The molecule has 0 saturated carbocycles. The van der Waals surface area contributed by atoms with Crippen LogP contribution in [0.15, 0.2) is 12.7 Å². The second-order valence-corrected chi connectivity index (χ2v) is 1.69. The summed E-state index contributed by atoms with van der Waals surface area (Å²) in [6.45, 7) is 6.83. The third-order valence-corrected chi connectivity index (χ3v) is 0.519. The van der Waals surface area contributed by atoms with Gasteiger partial charge in [0.05, 0.1) is 6.10 Å². The van der Waals surface area contributed by atoms with Crippen LogP contribution >= 0.6 is 0 Å². The van der Waals surface area contributed by atoms with Gasteiger partial charge in [-0.05, 0) is 13.8 Å². The summed E-state index contributed by atoms with van der Waals surface area (Å²) in [4.78, 5) is 10.3. The van der Waals surface area contributed by atoms with Gasteiger partial charge in [-0.3, -0.25) is 0 Å². The van der Waals surface area contributed by atoms with Gasteiger partial charge in [0, 0.05) is 32.3 Å². The summed E-state index contributed by atoms with van der Waals surface area (Å²) in [7, 11) is 0. The van der Waals surface area contributed by atoms with Crippen molar-refractivity contribution >= 4 is 5.97 Å². The predicted molar refractivity (Wildman–Crippen MR) is 31.4 cm³/mol. The van der Waals surface area contributed by atoms with E-state index in [1.807, 2.05) is 0 Å². The van der Waals surface area contributed by atoms with Crippen molar-refractivity contribution in [2.45, 2.75) is 20.0 Å². The molecule has 0 aromatic carbocycles. The maximum atomic E-state index is 10.3. The van der Waals surface area contributed by atoms with Crippen LogP contribution in [0.4, 0.5) is 0 Å². The quantitative estimate of drug-likeness (QED) is 0.499. The second-order valence-electron chi connectivity index (χ2n) is 1.69. The molecule has 0 aliphatic heterocycles. The Morgan fingerprint density at radius 2 is 2.11 bits per heavy atom. The summed E-state index contributed by atoms with van der Waals surface area (Å²) in [6.07, 6.45) is 1.11. The Hall–Kier alpha value is 0.0931. The number of esters is 1. The van der Waals surface area contributed by atoms with Gasteiger partial charge >= 0.3 is 5.97 Å². The zero-order valence-corrected chi connectivity index (χ0v) is 8.14. The van der Waals surface area contributed by atoms with Crippen LogP contribution in [0.25, 0.3) is 0 Å². The van der Waals surface area contributed by atoms with Crippen molar-refractivity contribution in [2.75, 3.05) is 0 Å². The van der Waals surface area contributed by atoms with E-state index in [0.29, 0.717) is 0 Å². The molecule has 0 rings (SSSR count). The molecule has 2 nitrogen and oxygen atoms in total.